The molecule has 0 aromatic heterocycles. The number of carbonyl (C=O) groups is 1. The molecule has 2 rings (SSSR count). The molecule has 0 spiro atoms. The third-order valence-electron chi connectivity index (χ3n) is 2.50. The zero-order valence-corrected chi connectivity index (χ0v) is 8.53. The zero-order valence-electron chi connectivity index (χ0n) is 8.53. The first-order valence-corrected chi connectivity index (χ1v) is 4.90. The Hall–Kier alpha value is -1.84. The monoisotopic (exact) mass is 203 g/mol. The quantitative estimate of drug-likeness (QED) is 0.672. The Labute approximate surface area is 88.2 Å². The molecule has 1 amide bonds. The van der Waals surface area contributed by atoms with Gasteiger partial charge in [-0.15, -0.1) is 0 Å². The van der Waals surface area contributed by atoms with Crippen LogP contribution in [0, 0.1) is 5.92 Å². The lowest BCUT2D eigenvalue weighted by Crippen LogP contribution is -2.32. The highest BCUT2D eigenvalue weighted by molar-refractivity contribution is 6.08. The molecule has 1 aromatic carbocycles. The van der Waals surface area contributed by atoms with Crippen LogP contribution in [0.3, 0.4) is 0 Å². The Balaban J connectivity index is 2.39. The Morgan fingerprint density at radius 1 is 1.47 bits per heavy atom. The minimum absolute atomic E-state index is 0.0410. The molecule has 78 valence electrons. The average molecular weight is 203 g/mol. The van der Waals surface area contributed by atoms with Gasteiger partial charge in [-0.1, -0.05) is 25.1 Å². The third kappa shape index (κ3) is 1.83. The highest BCUT2D eigenvalue weighted by Crippen LogP contribution is 2.20. The van der Waals surface area contributed by atoms with Crippen molar-refractivity contribution in [2.75, 3.05) is 5.73 Å². The van der Waals surface area contributed by atoms with E-state index in [1.54, 1.807) is 0 Å². The number of rotatable bonds is 1. The summed E-state index contributed by atoms with van der Waals surface area (Å²) in [6, 6.07) is 7.55. The van der Waals surface area contributed by atoms with Crippen molar-refractivity contribution in [1.29, 1.82) is 0 Å². The molecule has 15 heavy (non-hydrogen) atoms. The second-order valence-electron chi connectivity index (χ2n) is 3.72. The van der Waals surface area contributed by atoms with Crippen molar-refractivity contribution >= 4 is 17.3 Å². The molecule has 0 radical (unpaired) electrons. The molecule has 3 N–H and O–H groups in total. The fraction of sp³-hybridized carbons (Fsp3) is 0.273. The molecule has 0 aliphatic carbocycles. The number of nitrogens with one attached hydrogen (secondary N) is 1. The van der Waals surface area contributed by atoms with Gasteiger partial charge in [-0.2, -0.15) is 5.10 Å². The number of amides is 1. The Bertz CT molecular complexity index is 426. The standard InChI is InChI=1S/C11H13N3O/c1-7-6-10(15)13-14-11(7)8-4-2-3-5-9(8)12/h2-5,7H,6,12H2,1H3,(H,13,15). The van der Waals surface area contributed by atoms with E-state index in [1.807, 2.05) is 31.2 Å². The van der Waals surface area contributed by atoms with Gasteiger partial charge in [0.15, 0.2) is 0 Å². The van der Waals surface area contributed by atoms with Gasteiger partial charge in [0, 0.05) is 23.6 Å². The molecule has 4 nitrogen and oxygen atoms in total. The topological polar surface area (TPSA) is 67.5 Å². The molecule has 1 aliphatic heterocycles. The molecular weight excluding hydrogens is 190 g/mol. The van der Waals surface area contributed by atoms with Crippen molar-refractivity contribution in [2.45, 2.75) is 13.3 Å². The van der Waals surface area contributed by atoms with Crippen LogP contribution in [0.25, 0.3) is 0 Å². The molecule has 1 heterocycles. The van der Waals surface area contributed by atoms with E-state index in [0.29, 0.717) is 12.1 Å². The lowest BCUT2D eigenvalue weighted by Gasteiger charge is -2.20. The Kier molecular flexibility index (Phi) is 2.41. The van der Waals surface area contributed by atoms with E-state index in [0.717, 1.165) is 11.3 Å². The number of hydrazone groups is 1. The minimum Gasteiger partial charge on any atom is -0.398 e. The van der Waals surface area contributed by atoms with Crippen LogP contribution >= 0.6 is 0 Å². The number of carbonyl (C=O) groups excluding carboxylic acids is 1. The van der Waals surface area contributed by atoms with Crippen LogP contribution in [0.5, 0.6) is 0 Å². The summed E-state index contributed by atoms with van der Waals surface area (Å²) in [5.74, 6) is 0.0733. The summed E-state index contributed by atoms with van der Waals surface area (Å²) in [5.41, 5.74) is 10.8. The van der Waals surface area contributed by atoms with Crippen LogP contribution in [0.1, 0.15) is 18.9 Å². The fourth-order valence-corrected chi connectivity index (χ4v) is 1.71. The van der Waals surface area contributed by atoms with Crippen LogP contribution in [0.4, 0.5) is 5.69 Å². The maximum Gasteiger partial charge on any atom is 0.240 e. The van der Waals surface area contributed by atoms with Crippen molar-refractivity contribution in [3.05, 3.63) is 29.8 Å². The molecule has 0 saturated carbocycles. The van der Waals surface area contributed by atoms with E-state index in [2.05, 4.69) is 10.5 Å². The van der Waals surface area contributed by atoms with Crippen LogP contribution < -0.4 is 11.2 Å². The van der Waals surface area contributed by atoms with Gasteiger partial charge in [-0.05, 0) is 6.07 Å². The zero-order chi connectivity index (χ0) is 10.8. The Morgan fingerprint density at radius 2 is 2.20 bits per heavy atom. The highest BCUT2D eigenvalue weighted by atomic mass is 16.2. The van der Waals surface area contributed by atoms with Gasteiger partial charge in [0.25, 0.3) is 0 Å². The van der Waals surface area contributed by atoms with Crippen LogP contribution in [0.15, 0.2) is 29.4 Å². The van der Waals surface area contributed by atoms with Gasteiger partial charge in [0.05, 0.1) is 5.71 Å². The maximum atomic E-state index is 11.1. The van der Waals surface area contributed by atoms with Crippen LogP contribution in [-0.4, -0.2) is 11.6 Å². The molecule has 0 fully saturated rings. The molecule has 0 bridgehead atoms. The molecule has 1 atom stereocenters. The summed E-state index contributed by atoms with van der Waals surface area (Å²) in [6.45, 7) is 1.98. The summed E-state index contributed by atoms with van der Waals surface area (Å²) in [5, 5.41) is 4.06. The number of anilines is 1. The van der Waals surface area contributed by atoms with Gasteiger partial charge >= 0.3 is 0 Å². The summed E-state index contributed by atoms with van der Waals surface area (Å²) in [4.78, 5) is 11.1. The average Bonchev–Trinajstić information content (AvgIpc) is 2.20. The number of para-hydroxylation sites is 1. The van der Waals surface area contributed by atoms with E-state index >= 15 is 0 Å². The van der Waals surface area contributed by atoms with E-state index < -0.39 is 0 Å². The van der Waals surface area contributed by atoms with E-state index in [4.69, 9.17) is 5.73 Å². The molecule has 4 heteroatoms. The highest BCUT2D eigenvalue weighted by Gasteiger charge is 2.22. The maximum absolute atomic E-state index is 11.1. The SMILES string of the molecule is CC1CC(=O)NN=C1c1ccccc1N. The van der Waals surface area contributed by atoms with Crippen molar-refractivity contribution in [3.63, 3.8) is 0 Å². The summed E-state index contributed by atoms with van der Waals surface area (Å²) in [7, 11) is 0. The van der Waals surface area contributed by atoms with Crippen molar-refractivity contribution in [3.8, 4) is 0 Å². The Morgan fingerprint density at radius 3 is 2.87 bits per heavy atom. The second-order valence-corrected chi connectivity index (χ2v) is 3.72. The molecular formula is C11H13N3O. The first kappa shape index (κ1) is 9.71. The van der Waals surface area contributed by atoms with Crippen molar-refractivity contribution in [2.24, 2.45) is 11.0 Å². The second kappa shape index (κ2) is 3.73. The third-order valence-corrected chi connectivity index (χ3v) is 2.50. The summed E-state index contributed by atoms with van der Waals surface area (Å²) in [6.07, 6.45) is 0.465. The first-order chi connectivity index (χ1) is 7.18. The van der Waals surface area contributed by atoms with Crippen molar-refractivity contribution < 1.29 is 4.79 Å². The van der Waals surface area contributed by atoms with E-state index in [1.165, 1.54) is 0 Å². The fourth-order valence-electron chi connectivity index (χ4n) is 1.71. The number of benzene rings is 1. The number of nitrogen functional groups attached to an aromatic ring is 1. The first-order valence-electron chi connectivity index (χ1n) is 4.90. The minimum atomic E-state index is -0.0410. The van der Waals surface area contributed by atoms with E-state index in [9.17, 15) is 4.79 Å². The number of hydrogen-bond acceptors (Lipinski definition) is 3. The van der Waals surface area contributed by atoms with Crippen LogP contribution in [0.2, 0.25) is 0 Å². The van der Waals surface area contributed by atoms with Crippen molar-refractivity contribution in [1.82, 2.24) is 5.43 Å². The number of nitrogens with two attached hydrogens (primary N) is 1. The number of hydrogen-bond donors (Lipinski definition) is 2. The predicted molar refractivity (Wildman–Crippen MR) is 59.3 cm³/mol. The van der Waals surface area contributed by atoms with Gasteiger partial charge in [-0.25, -0.2) is 5.43 Å². The summed E-state index contributed by atoms with van der Waals surface area (Å²) < 4.78 is 0. The van der Waals surface area contributed by atoms with Gasteiger partial charge in [-0.3, -0.25) is 4.79 Å². The smallest absolute Gasteiger partial charge is 0.240 e. The lowest BCUT2D eigenvalue weighted by molar-refractivity contribution is -0.121. The van der Waals surface area contributed by atoms with Gasteiger partial charge in [0.2, 0.25) is 5.91 Å². The molecule has 0 saturated heterocycles. The molecule has 1 aliphatic rings. The lowest BCUT2D eigenvalue weighted by atomic mass is 9.93. The largest absolute Gasteiger partial charge is 0.398 e. The summed E-state index contributed by atoms with van der Waals surface area (Å²) >= 11 is 0. The van der Waals surface area contributed by atoms with Crippen LogP contribution in [-0.2, 0) is 4.79 Å². The predicted octanol–water partition coefficient (Wildman–Crippen LogP) is 1.13. The van der Waals surface area contributed by atoms with Gasteiger partial charge in [0.1, 0.15) is 0 Å². The molecule has 1 aromatic rings. The molecule has 1 unspecified atom stereocenters. The number of nitrogens with zero attached hydrogens (tertiary/aromatic N) is 1. The normalized spacial score (nSPS) is 20.7. The van der Waals surface area contributed by atoms with E-state index in [-0.39, 0.29) is 11.8 Å². The van der Waals surface area contributed by atoms with Gasteiger partial charge < -0.3 is 5.73 Å².